The van der Waals surface area contributed by atoms with Crippen molar-refractivity contribution in [3.05, 3.63) is 64.8 Å². The summed E-state index contributed by atoms with van der Waals surface area (Å²) in [7, 11) is 0. The minimum atomic E-state index is -5.13. The monoisotopic (exact) mass is 439 g/mol. The highest BCUT2D eigenvalue weighted by Gasteiger charge is 2.39. The van der Waals surface area contributed by atoms with Crippen molar-refractivity contribution in [3.8, 4) is 0 Å². The number of fused-ring (bicyclic) bond motifs is 1. The molecule has 3 rings (SSSR count). The molecule has 0 aliphatic carbocycles. The van der Waals surface area contributed by atoms with Gasteiger partial charge in [-0.3, -0.25) is 0 Å². The molecule has 2 aromatic heterocycles. The van der Waals surface area contributed by atoms with Crippen LogP contribution in [-0.2, 0) is 25.1 Å². The molecular weight excluding hydrogens is 429 g/mol. The van der Waals surface area contributed by atoms with Gasteiger partial charge in [-0.05, 0) is 35.9 Å². The number of nitrogens with one attached hydrogen (secondary N) is 1. The first-order chi connectivity index (χ1) is 13.7. The molecule has 0 fully saturated rings. The number of anilines is 1. The number of pyridine rings is 2. The lowest BCUT2D eigenvalue weighted by Crippen LogP contribution is -2.14. The van der Waals surface area contributed by atoms with Gasteiger partial charge in [0.1, 0.15) is 11.5 Å². The smallest absolute Gasteiger partial charge is 0.366 e. The highest BCUT2D eigenvalue weighted by atomic mass is 19.4. The highest BCUT2D eigenvalue weighted by Crippen LogP contribution is 2.38. The van der Waals surface area contributed by atoms with Crippen molar-refractivity contribution in [1.29, 1.82) is 0 Å². The number of aromatic nitrogens is 2. The predicted molar refractivity (Wildman–Crippen MR) is 88.3 cm³/mol. The summed E-state index contributed by atoms with van der Waals surface area (Å²) in [6.45, 7) is -0.201. The number of hydrogen-bond donors (Lipinski definition) is 1. The number of alkyl halides is 9. The molecule has 2 heterocycles. The van der Waals surface area contributed by atoms with Gasteiger partial charge in [0.05, 0.1) is 11.1 Å². The topological polar surface area (TPSA) is 37.8 Å². The molecule has 0 atom stereocenters. The molecule has 0 aliphatic heterocycles. The summed E-state index contributed by atoms with van der Waals surface area (Å²) in [4.78, 5) is 6.82. The van der Waals surface area contributed by atoms with Crippen molar-refractivity contribution in [1.82, 2.24) is 9.97 Å². The predicted octanol–water partition coefficient (Wildman–Crippen LogP) is 6.30. The highest BCUT2D eigenvalue weighted by molar-refractivity contribution is 5.81. The van der Waals surface area contributed by atoms with Gasteiger partial charge in [-0.2, -0.15) is 39.5 Å². The second-order valence-electron chi connectivity index (χ2n) is 6.17. The summed E-state index contributed by atoms with van der Waals surface area (Å²) in [5.74, 6) is -0.153. The zero-order chi connectivity index (χ0) is 22.3. The standard InChI is InChI=1S/C18H10F9N3/c19-16(20,21)10-3-1-2-9(6-10)8-28-14-5-4-11-12(17(22,23)24)7-13(18(25,26)27)29-15(11)30-14/h1-7H,8H2,(H,28,29,30). The van der Waals surface area contributed by atoms with Crippen LogP contribution in [0.15, 0.2) is 42.5 Å². The Labute approximate surface area is 162 Å². The van der Waals surface area contributed by atoms with Crippen LogP contribution in [0, 0.1) is 0 Å². The van der Waals surface area contributed by atoms with Crippen LogP contribution in [0.2, 0.25) is 0 Å². The fourth-order valence-corrected chi connectivity index (χ4v) is 2.63. The summed E-state index contributed by atoms with van der Waals surface area (Å²) in [6, 6.07) is 6.12. The average molecular weight is 439 g/mol. The van der Waals surface area contributed by atoms with Gasteiger partial charge >= 0.3 is 18.5 Å². The number of benzene rings is 1. The second-order valence-corrected chi connectivity index (χ2v) is 6.17. The lowest BCUT2D eigenvalue weighted by atomic mass is 10.1. The van der Waals surface area contributed by atoms with Crippen LogP contribution >= 0.6 is 0 Å². The molecule has 0 spiro atoms. The Hall–Kier alpha value is -3.05. The molecule has 3 aromatic rings. The van der Waals surface area contributed by atoms with Crippen molar-refractivity contribution in [2.75, 3.05) is 5.32 Å². The molecule has 0 saturated heterocycles. The average Bonchev–Trinajstić information content (AvgIpc) is 2.63. The molecule has 3 nitrogen and oxygen atoms in total. The van der Waals surface area contributed by atoms with E-state index in [0.717, 1.165) is 24.3 Å². The van der Waals surface area contributed by atoms with Crippen LogP contribution in [0.3, 0.4) is 0 Å². The molecule has 30 heavy (non-hydrogen) atoms. The van der Waals surface area contributed by atoms with E-state index < -0.39 is 46.4 Å². The van der Waals surface area contributed by atoms with E-state index in [0.29, 0.717) is 0 Å². The van der Waals surface area contributed by atoms with E-state index in [1.807, 2.05) is 0 Å². The van der Waals surface area contributed by atoms with Gasteiger partial charge in [-0.25, -0.2) is 9.97 Å². The van der Waals surface area contributed by atoms with Gasteiger partial charge < -0.3 is 5.32 Å². The van der Waals surface area contributed by atoms with Crippen LogP contribution in [0.4, 0.5) is 45.3 Å². The van der Waals surface area contributed by atoms with E-state index in [1.165, 1.54) is 12.1 Å². The maximum Gasteiger partial charge on any atom is 0.433 e. The Balaban J connectivity index is 1.95. The van der Waals surface area contributed by atoms with Crippen LogP contribution in [0.1, 0.15) is 22.4 Å². The summed E-state index contributed by atoms with van der Waals surface area (Å²) >= 11 is 0. The van der Waals surface area contributed by atoms with Crippen LogP contribution in [0.5, 0.6) is 0 Å². The van der Waals surface area contributed by atoms with Gasteiger partial charge in [-0.15, -0.1) is 0 Å². The van der Waals surface area contributed by atoms with Gasteiger partial charge in [-0.1, -0.05) is 12.1 Å². The zero-order valence-corrected chi connectivity index (χ0v) is 14.5. The lowest BCUT2D eigenvalue weighted by molar-refractivity contribution is -0.144. The first-order valence-corrected chi connectivity index (χ1v) is 8.11. The summed E-state index contributed by atoms with van der Waals surface area (Å²) in [6.07, 6.45) is -14.8. The first kappa shape index (κ1) is 21.7. The molecule has 160 valence electrons. The second kappa shape index (κ2) is 7.33. The molecule has 0 saturated carbocycles. The van der Waals surface area contributed by atoms with Crippen molar-refractivity contribution >= 4 is 16.9 Å². The summed E-state index contributed by atoms with van der Waals surface area (Å²) < 4.78 is 116. The first-order valence-electron chi connectivity index (χ1n) is 8.11. The summed E-state index contributed by atoms with van der Waals surface area (Å²) in [5.41, 5.74) is -4.83. The molecule has 1 N–H and O–H groups in total. The summed E-state index contributed by atoms with van der Waals surface area (Å²) in [5, 5.41) is 1.93. The molecule has 0 radical (unpaired) electrons. The Morgan fingerprint density at radius 1 is 0.733 bits per heavy atom. The number of hydrogen-bond acceptors (Lipinski definition) is 3. The van der Waals surface area contributed by atoms with Gasteiger partial charge in [0.25, 0.3) is 0 Å². The fraction of sp³-hybridized carbons (Fsp3) is 0.222. The van der Waals surface area contributed by atoms with E-state index in [4.69, 9.17) is 0 Å². The van der Waals surface area contributed by atoms with Crippen LogP contribution < -0.4 is 5.32 Å². The number of halogens is 9. The van der Waals surface area contributed by atoms with Gasteiger partial charge in [0.15, 0.2) is 5.65 Å². The Kier molecular flexibility index (Phi) is 5.29. The van der Waals surface area contributed by atoms with Gasteiger partial charge in [0.2, 0.25) is 0 Å². The lowest BCUT2D eigenvalue weighted by Gasteiger charge is -2.14. The maximum absolute atomic E-state index is 13.2. The molecule has 0 bridgehead atoms. The molecule has 0 amide bonds. The van der Waals surface area contributed by atoms with Crippen molar-refractivity contribution in [2.24, 2.45) is 0 Å². The Morgan fingerprint density at radius 2 is 1.43 bits per heavy atom. The Morgan fingerprint density at radius 3 is 2.03 bits per heavy atom. The molecule has 12 heteroatoms. The Bertz CT molecular complexity index is 1070. The van der Waals surface area contributed by atoms with E-state index in [2.05, 4.69) is 15.3 Å². The minimum absolute atomic E-state index is 0.0975. The molecular formula is C18H10F9N3. The molecule has 0 aliphatic rings. The van der Waals surface area contributed by atoms with Gasteiger partial charge in [0, 0.05) is 11.9 Å². The van der Waals surface area contributed by atoms with E-state index >= 15 is 0 Å². The third-order valence-electron chi connectivity index (χ3n) is 4.00. The molecule has 1 aromatic carbocycles. The van der Waals surface area contributed by atoms with Crippen LogP contribution in [-0.4, -0.2) is 9.97 Å². The van der Waals surface area contributed by atoms with E-state index in [-0.39, 0.29) is 24.0 Å². The quantitative estimate of drug-likeness (QED) is 0.487. The normalized spacial score (nSPS) is 13.0. The van der Waals surface area contributed by atoms with Crippen molar-refractivity contribution < 1.29 is 39.5 Å². The van der Waals surface area contributed by atoms with Crippen molar-refractivity contribution in [2.45, 2.75) is 25.1 Å². The van der Waals surface area contributed by atoms with Crippen molar-refractivity contribution in [3.63, 3.8) is 0 Å². The third-order valence-corrected chi connectivity index (χ3v) is 4.00. The largest absolute Gasteiger partial charge is 0.433 e. The van der Waals surface area contributed by atoms with Crippen LogP contribution in [0.25, 0.3) is 11.0 Å². The fourth-order valence-electron chi connectivity index (χ4n) is 2.63. The minimum Gasteiger partial charge on any atom is -0.366 e. The molecule has 0 unspecified atom stereocenters. The van der Waals surface area contributed by atoms with E-state index in [1.54, 1.807) is 0 Å². The number of nitrogens with zero attached hydrogens (tertiary/aromatic N) is 2. The third kappa shape index (κ3) is 4.74. The SMILES string of the molecule is FC(F)(F)c1cccc(CNc2ccc3c(C(F)(F)F)cc(C(F)(F)F)nc3n2)c1. The van der Waals surface area contributed by atoms with E-state index in [9.17, 15) is 39.5 Å². The maximum atomic E-state index is 13.2. The zero-order valence-electron chi connectivity index (χ0n) is 14.5. The number of rotatable bonds is 3.